The Morgan fingerprint density at radius 1 is 1.61 bits per heavy atom. The lowest BCUT2D eigenvalue weighted by Crippen LogP contribution is -2.38. The number of nitrogens with one attached hydrogen (secondary N) is 1. The van der Waals surface area contributed by atoms with Crippen molar-refractivity contribution in [2.45, 2.75) is 25.5 Å². The lowest BCUT2D eigenvalue weighted by atomic mass is 10.0. The van der Waals surface area contributed by atoms with Crippen molar-refractivity contribution in [1.29, 1.82) is 0 Å². The SMILES string of the molecule is COCCC(C)(O)CNCc1cn2ccsc2n1. The zero-order valence-electron chi connectivity index (χ0n) is 10.7. The first-order valence-corrected chi connectivity index (χ1v) is 6.82. The van der Waals surface area contributed by atoms with Crippen LogP contribution in [0.25, 0.3) is 4.96 Å². The quantitative estimate of drug-likeness (QED) is 0.795. The van der Waals surface area contributed by atoms with E-state index in [1.54, 1.807) is 18.4 Å². The lowest BCUT2D eigenvalue weighted by Gasteiger charge is -2.23. The van der Waals surface area contributed by atoms with Gasteiger partial charge in [0.1, 0.15) is 0 Å². The Morgan fingerprint density at radius 3 is 3.17 bits per heavy atom. The second kappa shape index (κ2) is 5.79. The maximum atomic E-state index is 10.1. The molecule has 0 saturated heterocycles. The van der Waals surface area contributed by atoms with Gasteiger partial charge in [-0.3, -0.25) is 4.40 Å². The van der Waals surface area contributed by atoms with Crippen molar-refractivity contribution < 1.29 is 9.84 Å². The highest BCUT2D eigenvalue weighted by Crippen LogP contribution is 2.12. The number of thiazole rings is 1. The van der Waals surface area contributed by atoms with Gasteiger partial charge in [-0.15, -0.1) is 11.3 Å². The summed E-state index contributed by atoms with van der Waals surface area (Å²) < 4.78 is 6.97. The Hall–Kier alpha value is -0.950. The third-order valence-corrected chi connectivity index (χ3v) is 3.57. The zero-order valence-corrected chi connectivity index (χ0v) is 11.5. The Balaban J connectivity index is 1.79. The summed E-state index contributed by atoms with van der Waals surface area (Å²) in [6, 6.07) is 0. The summed E-state index contributed by atoms with van der Waals surface area (Å²) in [6.07, 6.45) is 4.61. The van der Waals surface area contributed by atoms with Gasteiger partial charge in [0.05, 0.1) is 11.3 Å². The monoisotopic (exact) mass is 269 g/mol. The van der Waals surface area contributed by atoms with Crippen molar-refractivity contribution >= 4 is 16.3 Å². The first-order chi connectivity index (χ1) is 8.61. The van der Waals surface area contributed by atoms with Crippen LogP contribution in [0.3, 0.4) is 0 Å². The molecule has 2 N–H and O–H groups in total. The van der Waals surface area contributed by atoms with Crippen molar-refractivity contribution in [3.8, 4) is 0 Å². The van der Waals surface area contributed by atoms with Crippen LogP contribution in [0.1, 0.15) is 19.0 Å². The molecule has 0 aliphatic heterocycles. The molecule has 0 fully saturated rings. The van der Waals surface area contributed by atoms with Crippen LogP contribution in [0, 0.1) is 0 Å². The van der Waals surface area contributed by atoms with Gasteiger partial charge in [-0.05, 0) is 6.92 Å². The molecule has 0 aromatic carbocycles. The first kappa shape index (κ1) is 13.5. The van der Waals surface area contributed by atoms with E-state index in [0.717, 1.165) is 10.7 Å². The molecule has 2 aromatic heterocycles. The summed E-state index contributed by atoms with van der Waals surface area (Å²) in [5.74, 6) is 0. The number of methoxy groups -OCH3 is 1. The number of rotatable bonds is 7. The number of imidazole rings is 1. The number of nitrogens with zero attached hydrogens (tertiary/aromatic N) is 2. The number of ether oxygens (including phenoxy) is 1. The van der Waals surface area contributed by atoms with Gasteiger partial charge in [0.15, 0.2) is 4.96 Å². The van der Waals surface area contributed by atoms with Crippen molar-refractivity contribution in [3.05, 3.63) is 23.5 Å². The number of aliphatic hydroxyl groups is 1. The molecule has 0 aliphatic rings. The molecule has 0 spiro atoms. The molecule has 0 aliphatic carbocycles. The predicted molar refractivity (Wildman–Crippen MR) is 71.9 cm³/mol. The van der Waals surface area contributed by atoms with E-state index in [4.69, 9.17) is 4.74 Å². The molecule has 2 aromatic rings. The Bertz CT molecular complexity index is 464. The Labute approximate surface area is 110 Å². The van der Waals surface area contributed by atoms with Crippen molar-refractivity contribution in [3.63, 3.8) is 0 Å². The molecule has 0 saturated carbocycles. The number of aromatic nitrogens is 2. The fourth-order valence-corrected chi connectivity index (χ4v) is 2.45. The van der Waals surface area contributed by atoms with Crippen LogP contribution >= 0.6 is 11.3 Å². The van der Waals surface area contributed by atoms with Gasteiger partial charge in [-0.2, -0.15) is 0 Å². The average Bonchev–Trinajstić information content (AvgIpc) is 2.86. The van der Waals surface area contributed by atoms with Crippen molar-refractivity contribution in [1.82, 2.24) is 14.7 Å². The van der Waals surface area contributed by atoms with Gasteiger partial charge < -0.3 is 15.2 Å². The second-order valence-corrected chi connectivity index (χ2v) is 5.54. The molecule has 5 nitrogen and oxygen atoms in total. The van der Waals surface area contributed by atoms with Crippen molar-refractivity contribution in [2.75, 3.05) is 20.3 Å². The van der Waals surface area contributed by atoms with Gasteiger partial charge in [0.25, 0.3) is 0 Å². The van der Waals surface area contributed by atoms with Crippen molar-refractivity contribution in [2.24, 2.45) is 0 Å². The number of hydrogen-bond donors (Lipinski definition) is 2. The maximum absolute atomic E-state index is 10.1. The fourth-order valence-electron chi connectivity index (χ4n) is 1.73. The van der Waals surface area contributed by atoms with E-state index in [0.29, 0.717) is 26.1 Å². The van der Waals surface area contributed by atoms with Crippen LogP contribution in [0.2, 0.25) is 0 Å². The summed E-state index contributed by atoms with van der Waals surface area (Å²) in [6.45, 7) is 3.57. The number of fused-ring (bicyclic) bond motifs is 1. The molecule has 1 atom stereocenters. The van der Waals surface area contributed by atoms with E-state index in [1.165, 1.54) is 0 Å². The summed E-state index contributed by atoms with van der Waals surface area (Å²) in [7, 11) is 1.64. The normalized spacial score (nSPS) is 15.1. The van der Waals surface area contributed by atoms with Crippen LogP contribution in [-0.4, -0.2) is 40.4 Å². The van der Waals surface area contributed by atoms with Crippen LogP contribution in [0.4, 0.5) is 0 Å². The van der Waals surface area contributed by atoms with Crippen LogP contribution in [0.5, 0.6) is 0 Å². The molecule has 18 heavy (non-hydrogen) atoms. The molecule has 0 bridgehead atoms. The average molecular weight is 269 g/mol. The van der Waals surface area contributed by atoms with Gasteiger partial charge >= 0.3 is 0 Å². The van der Waals surface area contributed by atoms with Crippen LogP contribution in [-0.2, 0) is 11.3 Å². The lowest BCUT2D eigenvalue weighted by molar-refractivity contribution is 0.0247. The van der Waals surface area contributed by atoms with E-state index >= 15 is 0 Å². The van der Waals surface area contributed by atoms with E-state index in [1.807, 2.05) is 29.1 Å². The Kier molecular flexibility index (Phi) is 4.34. The first-order valence-electron chi connectivity index (χ1n) is 5.94. The van der Waals surface area contributed by atoms with Gasteiger partial charge in [0, 0.05) is 51.0 Å². The summed E-state index contributed by atoms with van der Waals surface area (Å²) in [4.78, 5) is 5.47. The topological polar surface area (TPSA) is 58.8 Å². The molecule has 0 radical (unpaired) electrons. The van der Waals surface area contributed by atoms with Crippen LogP contribution in [0.15, 0.2) is 17.8 Å². The molecular weight excluding hydrogens is 250 g/mol. The minimum atomic E-state index is -0.743. The molecule has 100 valence electrons. The van der Waals surface area contributed by atoms with E-state index in [2.05, 4.69) is 10.3 Å². The van der Waals surface area contributed by atoms with E-state index < -0.39 is 5.60 Å². The highest BCUT2D eigenvalue weighted by molar-refractivity contribution is 7.15. The molecule has 2 heterocycles. The van der Waals surface area contributed by atoms with Gasteiger partial charge in [-0.1, -0.05) is 0 Å². The summed E-state index contributed by atoms with van der Waals surface area (Å²) >= 11 is 1.62. The van der Waals surface area contributed by atoms with E-state index in [-0.39, 0.29) is 0 Å². The third kappa shape index (κ3) is 3.52. The third-order valence-electron chi connectivity index (χ3n) is 2.80. The molecule has 6 heteroatoms. The maximum Gasteiger partial charge on any atom is 0.193 e. The predicted octanol–water partition coefficient (Wildman–Crippen LogP) is 1.27. The molecule has 2 rings (SSSR count). The number of hydrogen-bond acceptors (Lipinski definition) is 5. The zero-order chi connectivity index (χ0) is 13.0. The smallest absolute Gasteiger partial charge is 0.193 e. The summed E-state index contributed by atoms with van der Waals surface area (Å²) in [5, 5.41) is 15.3. The molecule has 0 amide bonds. The summed E-state index contributed by atoms with van der Waals surface area (Å²) in [5.41, 5.74) is 0.247. The minimum absolute atomic E-state index is 0.529. The highest BCUT2D eigenvalue weighted by atomic mass is 32.1. The highest BCUT2D eigenvalue weighted by Gasteiger charge is 2.19. The fraction of sp³-hybridized carbons (Fsp3) is 0.583. The Morgan fingerprint density at radius 2 is 2.44 bits per heavy atom. The van der Waals surface area contributed by atoms with Crippen LogP contribution < -0.4 is 5.32 Å². The van der Waals surface area contributed by atoms with Gasteiger partial charge in [-0.25, -0.2) is 4.98 Å². The second-order valence-electron chi connectivity index (χ2n) is 4.67. The van der Waals surface area contributed by atoms with E-state index in [9.17, 15) is 5.11 Å². The minimum Gasteiger partial charge on any atom is -0.389 e. The largest absolute Gasteiger partial charge is 0.389 e. The molecule has 1 unspecified atom stereocenters. The standard InChI is InChI=1S/C12H19N3O2S/c1-12(16,3-5-17-2)9-13-7-10-8-15-4-6-18-11(15)14-10/h4,6,8,13,16H,3,5,7,9H2,1-2H3. The van der Waals surface area contributed by atoms with Gasteiger partial charge in [0.2, 0.25) is 0 Å². The molecular formula is C12H19N3O2S.